The van der Waals surface area contributed by atoms with E-state index in [1.54, 1.807) is 12.1 Å². The Hall–Kier alpha value is -6.85. The van der Waals surface area contributed by atoms with Crippen molar-refractivity contribution in [2.24, 2.45) is 0 Å². The van der Waals surface area contributed by atoms with Crippen LogP contribution >= 0.6 is 0 Å². The molecule has 0 saturated carbocycles. The van der Waals surface area contributed by atoms with Crippen molar-refractivity contribution >= 4 is 43.6 Å². The van der Waals surface area contributed by atoms with Crippen molar-refractivity contribution in [1.29, 1.82) is 0 Å². The quantitative estimate of drug-likeness (QED) is 0.186. The van der Waals surface area contributed by atoms with E-state index in [0.717, 1.165) is 16.7 Å². The molecular weight excluding hydrogens is 611 g/mol. The zero-order valence-corrected chi connectivity index (χ0v) is 26.1. The van der Waals surface area contributed by atoms with Gasteiger partial charge >= 0.3 is 0 Å². The Labute approximate surface area is 305 Å². The summed E-state index contributed by atoms with van der Waals surface area (Å²) in [6.45, 7) is 0. The first-order valence-corrected chi connectivity index (χ1v) is 15.8. The SMILES string of the molecule is [2H]c1cc([2H])c2c(c1[2H])c1c([2H])cc([2H])c([2H])c1n2-c1nc(-c2ccccc2-c2ccccc2-c2ccccc2)nc(-n2c3c([2H])cc([2H])c([2H])c3c3c([2H])cc([2H])c([2H])c32)n1. The lowest BCUT2D eigenvalue weighted by molar-refractivity contribution is 0.893. The van der Waals surface area contributed by atoms with Crippen molar-refractivity contribution in [3.63, 3.8) is 0 Å². The second-order valence-electron chi connectivity index (χ2n) is 11.5. The van der Waals surface area contributed by atoms with Gasteiger partial charge in [-0.25, -0.2) is 0 Å². The lowest BCUT2D eigenvalue weighted by Gasteiger charge is -2.16. The molecule has 0 radical (unpaired) electrons. The molecule has 3 aromatic heterocycles. The van der Waals surface area contributed by atoms with E-state index in [-0.39, 0.29) is 134 Å². The molecule has 5 heteroatoms. The second-order valence-corrected chi connectivity index (χ2v) is 11.5. The summed E-state index contributed by atoms with van der Waals surface area (Å²) in [7, 11) is 0. The van der Waals surface area contributed by atoms with Gasteiger partial charge in [0.05, 0.1) is 38.5 Å². The minimum Gasteiger partial charge on any atom is -0.278 e. The Morgan fingerprint density at radius 1 is 0.360 bits per heavy atom. The summed E-state index contributed by atoms with van der Waals surface area (Å²) >= 11 is 0. The molecule has 5 nitrogen and oxygen atoms in total. The molecule has 0 aliphatic rings. The van der Waals surface area contributed by atoms with Crippen LogP contribution in [0.15, 0.2) is 176 Å². The van der Waals surface area contributed by atoms with Crippen LogP contribution < -0.4 is 0 Å². The van der Waals surface area contributed by atoms with E-state index < -0.39 is 0 Å². The number of fused-ring (bicyclic) bond motifs is 6. The lowest BCUT2D eigenvalue weighted by atomic mass is 9.91. The minimum absolute atomic E-state index is 0.00923. The summed E-state index contributed by atoms with van der Waals surface area (Å²) in [5.41, 5.74) is 3.64. The fourth-order valence-corrected chi connectivity index (χ4v) is 6.60. The molecule has 234 valence electrons. The monoisotopic (exact) mass is 651 g/mol. The third-order valence-electron chi connectivity index (χ3n) is 8.74. The molecule has 3 heterocycles. The summed E-state index contributed by atoms with van der Waals surface area (Å²) in [4.78, 5) is 14.9. The van der Waals surface area contributed by atoms with Gasteiger partial charge in [0.25, 0.3) is 0 Å². The highest BCUT2D eigenvalue weighted by Crippen LogP contribution is 2.39. The molecular formula is C45H29N5. The molecule has 10 rings (SSSR count). The fraction of sp³-hybridized carbons (Fsp3) is 0. The number of benzene rings is 7. The lowest BCUT2D eigenvalue weighted by Crippen LogP contribution is -2.10. The van der Waals surface area contributed by atoms with Gasteiger partial charge in [0.1, 0.15) is 0 Å². The van der Waals surface area contributed by atoms with Gasteiger partial charge in [0.2, 0.25) is 11.9 Å². The molecule has 0 aliphatic heterocycles. The maximum Gasteiger partial charge on any atom is 0.240 e. The molecule has 0 spiro atoms. The number of para-hydroxylation sites is 4. The van der Waals surface area contributed by atoms with Gasteiger partial charge in [-0.2, -0.15) is 15.0 Å². The van der Waals surface area contributed by atoms with E-state index in [4.69, 9.17) is 31.4 Å². The molecule has 0 fully saturated rings. The molecule has 0 N–H and O–H groups in total. The zero-order valence-electron chi connectivity index (χ0n) is 38.1. The van der Waals surface area contributed by atoms with Crippen LogP contribution in [0.2, 0.25) is 0 Å². The van der Waals surface area contributed by atoms with E-state index in [2.05, 4.69) is 0 Å². The van der Waals surface area contributed by atoms with Crippen molar-refractivity contribution < 1.29 is 16.4 Å². The van der Waals surface area contributed by atoms with Crippen molar-refractivity contribution in [1.82, 2.24) is 24.1 Å². The zero-order chi connectivity index (χ0) is 43.5. The summed E-state index contributed by atoms with van der Waals surface area (Å²) in [6, 6.07) is 26.1. The van der Waals surface area contributed by atoms with Crippen molar-refractivity contribution in [3.8, 4) is 45.5 Å². The van der Waals surface area contributed by atoms with Crippen LogP contribution in [-0.2, 0) is 0 Å². The second kappa shape index (κ2) is 11.4. The third-order valence-corrected chi connectivity index (χ3v) is 8.74. The maximum atomic E-state index is 9.16. The fourth-order valence-electron chi connectivity index (χ4n) is 6.60. The first-order valence-electron chi connectivity index (χ1n) is 21.8. The molecule has 0 bridgehead atoms. The van der Waals surface area contributed by atoms with Crippen LogP contribution in [0.1, 0.15) is 16.4 Å². The van der Waals surface area contributed by atoms with Crippen LogP contribution in [-0.4, -0.2) is 24.1 Å². The van der Waals surface area contributed by atoms with Crippen LogP contribution in [0.4, 0.5) is 0 Å². The topological polar surface area (TPSA) is 48.5 Å². The number of hydrogen-bond acceptors (Lipinski definition) is 3. The van der Waals surface area contributed by atoms with Gasteiger partial charge < -0.3 is 0 Å². The first-order chi connectivity index (χ1) is 29.8. The Kier molecular flexibility index (Phi) is 4.24. The predicted octanol–water partition coefficient (Wildman–Crippen LogP) is 11.1. The maximum absolute atomic E-state index is 9.16. The number of rotatable bonds is 5. The summed E-state index contributed by atoms with van der Waals surface area (Å²) in [6.07, 6.45) is 0. The molecule has 0 unspecified atom stereocenters. The molecule has 7 aromatic carbocycles. The molecule has 0 atom stereocenters. The summed E-state index contributed by atoms with van der Waals surface area (Å²) < 4.78 is 109. The summed E-state index contributed by atoms with van der Waals surface area (Å²) in [5, 5.41) is 0.0880. The van der Waals surface area contributed by atoms with Gasteiger partial charge in [0, 0.05) is 27.1 Å². The van der Waals surface area contributed by atoms with Crippen LogP contribution in [0, 0.1) is 0 Å². The van der Waals surface area contributed by atoms with Gasteiger partial charge in [0.15, 0.2) is 5.82 Å². The normalized spacial score (nSPS) is 15.0. The minimum atomic E-state index is -0.364. The molecule has 0 amide bonds. The average molecular weight is 652 g/mol. The average Bonchev–Trinajstić information content (AvgIpc) is 3.83. The Bertz CT molecular complexity index is 3400. The standard InChI is InChI=1S/C45H29N5/c1-2-16-30(17-3-1)31-18-4-5-19-32(31)33-20-6-7-25-38(33)43-46-44(49-39-26-12-8-21-34(39)35-22-9-13-27-40(35)49)48-45(47-43)50-41-28-14-10-23-36(41)37-24-11-15-29-42(37)50/h1-29H/i8D,10D,13D,15D,21D,22D,23D,24D,26D,27D,28D,29D. The predicted molar refractivity (Wildman–Crippen MR) is 205 cm³/mol. The van der Waals surface area contributed by atoms with Crippen molar-refractivity contribution in [2.75, 3.05) is 0 Å². The molecule has 50 heavy (non-hydrogen) atoms. The number of nitrogens with zero attached hydrogens (tertiary/aromatic N) is 5. The van der Waals surface area contributed by atoms with E-state index >= 15 is 0 Å². The largest absolute Gasteiger partial charge is 0.278 e. The molecule has 0 aliphatic carbocycles. The summed E-state index contributed by atoms with van der Waals surface area (Å²) in [5.74, 6) is -0.466. The Balaban J connectivity index is 1.41. The molecule has 10 aromatic rings. The van der Waals surface area contributed by atoms with Crippen molar-refractivity contribution in [3.05, 3.63) is 176 Å². The smallest absolute Gasteiger partial charge is 0.240 e. The Morgan fingerprint density at radius 3 is 1.36 bits per heavy atom. The third kappa shape index (κ3) is 4.37. The van der Waals surface area contributed by atoms with Gasteiger partial charge in [-0.3, -0.25) is 9.13 Å². The van der Waals surface area contributed by atoms with E-state index in [1.807, 2.05) is 66.7 Å². The van der Waals surface area contributed by atoms with Crippen molar-refractivity contribution in [2.45, 2.75) is 0 Å². The van der Waals surface area contributed by atoms with E-state index in [9.17, 15) is 0 Å². The van der Waals surface area contributed by atoms with Crippen LogP contribution in [0.3, 0.4) is 0 Å². The van der Waals surface area contributed by atoms with Crippen LogP contribution in [0.5, 0.6) is 0 Å². The number of aromatic nitrogens is 5. The first kappa shape index (κ1) is 18.6. The van der Waals surface area contributed by atoms with Crippen LogP contribution in [0.25, 0.3) is 89.2 Å². The highest BCUT2D eigenvalue weighted by molar-refractivity contribution is 6.10. The molecule has 0 saturated heterocycles. The van der Waals surface area contributed by atoms with Gasteiger partial charge in [-0.05, 0) is 46.4 Å². The van der Waals surface area contributed by atoms with Gasteiger partial charge in [-0.15, -0.1) is 0 Å². The Morgan fingerprint density at radius 2 is 0.780 bits per heavy atom. The van der Waals surface area contributed by atoms with E-state index in [1.165, 1.54) is 33.4 Å². The number of hydrogen-bond donors (Lipinski definition) is 0. The van der Waals surface area contributed by atoms with Gasteiger partial charge in [-0.1, -0.05) is 151 Å². The highest BCUT2D eigenvalue weighted by atomic mass is 15.3. The highest BCUT2D eigenvalue weighted by Gasteiger charge is 2.22. The van der Waals surface area contributed by atoms with E-state index in [0.29, 0.717) is 11.1 Å².